The van der Waals surface area contributed by atoms with E-state index in [4.69, 9.17) is 0 Å². The van der Waals surface area contributed by atoms with Crippen LogP contribution in [0.4, 0.5) is 0 Å². The first-order valence-electron chi connectivity index (χ1n) is 4.72. The molecular weight excluding hydrogens is 148 g/mol. The third-order valence-electron chi connectivity index (χ3n) is 2.81. The van der Waals surface area contributed by atoms with Gasteiger partial charge in [-0.3, -0.25) is 4.79 Å². The number of rotatable bonds is 1. The summed E-state index contributed by atoms with van der Waals surface area (Å²) in [4.78, 5) is 11.6. The van der Waals surface area contributed by atoms with E-state index in [2.05, 4.69) is 26.0 Å². The van der Waals surface area contributed by atoms with Gasteiger partial charge in [-0.2, -0.15) is 0 Å². The summed E-state index contributed by atoms with van der Waals surface area (Å²) in [7, 11) is 0. The Morgan fingerprint density at radius 2 is 2.17 bits per heavy atom. The first kappa shape index (κ1) is 9.50. The molecule has 0 bridgehead atoms. The van der Waals surface area contributed by atoms with Gasteiger partial charge in [-0.25, -0.2) is 0 Å². The molecule has 0 heterocycles. The van der Waals surface area contributed by atoms with E-state index in [0.29, 0.717) is 11.7 Å². The largest absolute Gasteiger partial charge is 0.299 e. The van der Waals surface area contributed by atoms with Crippen LogP contribution in [-0.4, -0.2) is 5.78 Å². The molecule has 0 spiro atoms. The summed E-state index contributed by atoms with van der Waals surface area (Å²) in [6.45, 7) is 6.13. The molecule has 1 aliphatic carbocycles. The first-order chi connectivity index (χ1) is 5.56. The number of hydrogen-bond donors (Lipinski definition) is 0. The van der Waals surface area contributed by atoms with Gasteiger partial charge in [0.25, 0.3) is 0 Å². The van der Waals surface area contributed by atoms with Crippen molar-refractivity contribution in [3.8, 4) is 0 Å². The Balaban J connectivity index is 2.58. The third-order valence-corrected chi connectivity index (χ3v) is 2.81. The maximum absolute atomic E-state index is 11.6. The van der Waals surface area contributed by atoms with Crippen LogP contribution in [0.3, 0.4) is 0 Å². The van der Waals surface area contributed by atoms with E-state index in [1.807, 2.05) is 6.92 Å². The van der Waals surface area contributed by atoms with Crippen molar-refractivity contribution in [2.45, 2.75) is 40.0 Å². The molecule has 0 aliphatic heterocycles. The molecule has 1 saturated carbocycles. The van der Waals surface area contributed by atoms with Gasteiger partial charge in [0.1, 0.15) is 5.78 Å². The molecule has 1 unspecified atom stereocenters. The number of Topliss-reactive ketones (excluding diaryl/α,β-unsaturated/α-hetero) is 1. The standard InChI is InChI=1S/C11H18O/c1-4-5-9-6-7-11(2,3)10(12)8-9/h4-5,9H,6-8H2,1-3H3/b5-4-. The van der Waals surface area contributed by atoms with E-state index in [1.165, 1.54) is 6.42 Å². The van der Waals surface area contributed by atoms with Crippen LogP contribution in [0.1, 0.15) is 40.0 Å². The van der Waals surface area contributed by atoms with Crippen LogP contribution in [0.2, 0.25) is 0 Å². The first-order valence-corrected chi connectivity index (χ1v) is 4.72. The molecule has 1 aliphatic rings. The van der Waals surface area contributed by atoms with Crippen LogP contribution in [0.5, 0.6) is 0 Å². The van der Waals surface area contributed by atoms with E-state index < -0.39 is 0 Å². The molecule has 1 heteroatoms. The summed E-state index contributed by atoms with van der Waals surface area (Å²) >= 11 is 0. The van der Waals surface area contributed by atoms with Crippen molar-refractivity contribution in [3.05, 3.63) is 12.2 Å². The van der Waals surface area contributed by atoms with Gasteiger partial charge in [0.05, 0.1) is 0 Å². The van der Waals surface area contributed by atoms with Crippen molar-refractivity contribution in [3.63, 3.8) is 0 Å². The van der Waals surface area contributed by atoms with Crippen LogP contribution >= 0.6 is 0 Å². The number of hydrogen-bond acceptors (Lipinski definition) is 1. The van der Waals surface area contributed by atoms with Crippen molar-refractivity contribution in [1.29, 1.82) is 0 Å². The van der Waals surface area contributed by atoms with E-state index >= 15 is 0 Å². The van der Waals surface area contributed by atoms with Crippen molar-refractivity contribution in [1.82, 2.24) is 0 Å². The van der Waals surface area contributed by atoms with Crippen LogP contribution in [0.25, 0.3) is 0 Å². The molecule has 0 aromatic heterocycles. The van der Waals surface area contributed by atoms with Gasteiger partial charge in [0.15, 0.2) is 0 Å². The number of carbonyl (C=O) groups excluding carboxylic acids is 1. The van der Waals surface area contributed by atoms with Crippen LogP contribution in [0, 0.1) is 11.3 Å². The van der Waals surface area contributed by atoms with E-state index in [0.717, 1.165) is 12.8 Å². The molecule has 0 N–H and O–H groups in total. The summed E-state index contributed by atoms with van der Waals surface area (Å²) in [5.74, 6) is 0.937. The van der Waals surface area contributed by atoms with Crippen molar-refractivity contribution < 1.29 is 4.79 Å². The fraction of sp³-hybridized carbons (Fsp3) is 0.727. The van der Waals surface area contributed by atoms with E-state index in [-0.39, 0.29) is 5.41 Å². The molecule has 68 valence electrons. The lowest BCUT2D eigenvalue weighted by molar-refractivity contribution is -0.130. The molecule has 12 heavy (non-hydrogen) atoms. The van der Waals surface area contributed by atoms with Gasteiger partial charge in [-0.05, 0) is 25.7 Å². The normalized spacial score (nSPS) is 29.6. The molecule has 1 fully saturated rings. The third kappa shape index (κ3) is 1.96. The Morgan fingerprint density at radius 1 is 1.50 bits per heavy atom. The molecule has 1 nitrogen and oxygen atoms in total. The summed E-state index contributed by atoms with van der Waals surface area (Å²) in [6.07, 6.45) is 7.17. The lowest BCUT2D eigenvalue weighted by Crippen LogP contribution is -2.31. The fourth-order valence-electron chi connectivity index (χ4n) is 1.74. The van der Waals surface area contributed by atoms with Gasteiger partial charge in [0, 0.05) is 11.8 Å². The Kier molecular flexibility index (Phi) is 2.71. The summed E-state index contributed by atoms with van der Waals surface area (Å²) in [5.41, 5.74) is -0.0575. The van der Waals surface area contributed by atoms with Crippen molar-refractivity contribution in [2.24, 2.45) is 11.3 Å². The molecule has 0 saturated heterocycles. The zero-order valence-electron chi connectivity index (χ0n) is 8.26. The lowest BCUT2D eigenvalue weighted by Gasteiger charge is -2.31. The molecule has 0 radical (unpaired) electrons. The molecule has 0 aromatic carbocycles. The average Bonchev–Trinajstić information content (AvgIpc) is 1.98. The monoisotopic (exact) mass is 166 g/mol. The van der Waals surface area contributed by atoms with Gasteiger partial charge >= 0.3 is 0 Å². The second kappa shape index (κ2) is 3.42. The second-order valence-electron chi connectivity index (χ2n) is 4.34. The van der Waals surface area contributed by atoms with Gasteiger partial charge in [0.2, 0.25) is 0 Å². The average molecular weight is 166 g/mol. The highest BCUT2D eigenvalue weighted by Gasteiger charge is 2.33. The summed E-state index contributed by atoms with van der Waals surface area (Å²) in [5, 5.41) is 0. The second-order valence-corrected chi connectivity index (χ2v) is 4.34. The SMILES string of the molecule is C/C=C\C1CCC(C)(C)C(=O)C1. The minimum Gasteiger partial charge on any atom is -0.299 e. The topological polar surface area (TPSA) is 17.1 Å². The van der Waals surface area contributed by atoms with Gasteiger partial charge in [-0.15, -0.1) is 0 Å². The van der Waals surface area contributed by atoms with Crippen molar-refractivity contribution in [2.75, 3.05) is 0 Å². The van der Waals surface area contributed by atoms with Gasteiger partial charge < -0.3 is 0 Å². The zero-order valence-corrected chi connectivity index (χ0v) is 8.26. The number of allylic oxidation sites excluding steroid dienone is 2. The molecule has 1 rings (SSSR count). The fourth-order valence-corrected chi connectivity index (χ4v) is 1.74. The van der Waals surface area contributed by atoms with Gasteiger partial charge in [-0.1, -0.05) is 26.0 Å². The molecular formula is C11H18O. The highest BCUT2D eigenvalue weighted by Crippen LogP contribution is 2.35. The summed E-state index contributed by atoms with van der Waals surface area (Å²) < 4.78 is 0. The number of carbonyl (C=O) groups is 1. The maximum atomic E-state index is 11.6. The zero-order chi connectivity index (χ0) is 9.19. The minimum atomic E-state index is -0.0575. The quantitative estimate of drug-likeness (QED) is 0.547. The smallest absolute Gasteiger partial charge is 0.139 e. The predicted molar refractivity (Wildman–Crippen MR) is 50.9 cm³/mol. The number of ketones is 1. The van der Waals surface area contributed by atoms with Crippen molar-refractivity contribution >= 4 is 5.78 Å². The minimum absolute atomic E-state index is 0.0575. The highest BCUT2D eigenvalue weighted by molar-refractivity contribution is 5.85. The Hall–Kier alpha value is -0.590. The summed E-state index contributed by atoms with van der Waals surface area (Å²) in [6, 6.07) is 0. The Labute approximate surface area is 74.9 Å². The van der Waals surface area contributed by atoms with Crippen LogP contribution in [-0.2, 0) is 4.79 Å². The van der Waals surface area contributed by atoms with E-state index in [9.17, 15) is 4.79 Å². The lowest BCUT2D eigenvalue weighted by atomic mass is 9.72. The molecule has 0 amide bonds. The molecule has 0 aromatic rings. The predicted octanol–water partition coefficient (Wildman–Crippen LogP) is 2.96. The molecule has 1 atom stereocenters. The van der Waals surface area contributed by atoms with Crippen LogP contribution in [0.15, 0.2) is 12.2 Å². The van der Waals surface area contributed by atoms with E-state index in [1.54, 1.807) is 0 Å². The maximum Gasteiger partial charge on any atom is 0.139 e. The Bertz CT molecular complexity index is 201. The Morgan fingerprint density at radius 3 is 2.67 bits per heavy atom. The highest BCUT2D eigenvalue weighted by atomic mass is 16.1. The van der Waals surface area contributed by atoms with Crippen LogP contribution < -0.4 is 0 Å².